The molecule has 20 heavy (non-hydrogen) atoms. The number of hydrogen-bond donors (Lipinski definition) is 1. The predicted octanol–water partition coefficient (Wildman–Crippen LogP) is 4.65. The summed E-state index contributed by atoms with van der Waals surface area (Å²) in [5.41, 5.74) is 0. The molecular weight excluding hydrogens is 304 g/mol. The number of nitrogens with zero attached hydrogens (tertiary/aromatic N) is 1. The Balaban J connectivity index is 1.69. The van der Waals surface area contributed by atoms with Gasteiger partial charge in [0.05, 0.1) is 0 Å². The molecule has 0 aromatic carbocycles. The third kappa shape index (κ3) is 3.55. The first-order valence-corrected chi connectivity index (χ1v) is 9.09. The van der Waals surface area contributed by atoms with Crippen LogP contribution in [0.1, 0.15) is 25.7 Å². The molecule has 1 atom stereocenters. The Morgan fingerprint density at radius 3 is 2.70 bits per heavy atom. The summed E-state index contributed by atoms with van der Waals surface area (Å²) in [7, 11) is 0. The van der Waals surface area contributed by atoms with E-state index < -0.39 is 0 Å². The van der Waals surface area contributed by atoms with Crippen molar-refractivity contribution in [2.45, 2.75) is 25.9 Å². The topological polar surface area (TPSA) is 24.9 Å². The Morgan fingerprint density at radius 2 is 2.05 bits per heavy atom. The number of aryl methyl sites for hydroxylation is 1. The van der Waals surface area contributed by atoms with Gasteiger partial charge < -0.3 is 5.32 Å². The van der Waals surface area contributed by atoms with Gasteiger partial charge in [-0.15, -0.1) is 34.0 Å². The standard InChI is InChI=1S/C15H16N2S3/c1-11-9-17-15(20-11)10-16-13(14-5-3-7-19-14)8-12-4-2-6-18-12/h2-7,9,13,16H,8,10H2,1H3. The van der Waals surface area contributed by atoms with E-state index in [0.717, 1.165) is 18.0 Å². The van der Waals surface area contributed by atoms with Crippen molar-refractivity contribution in [2.24, 2.45) is 0 Å². The highest BCUT2D eigenvalue weighted by Gasteiger charge is 2.14. The molecule has 3 rings (SSSR count). The molecule has 0 spiro atoms. The summed E-state index contributed by atoms with van der Waals surface area (Å²) in [5, 5.41) is 9.11. The van der Waals surface area contributed by atoms with Crippen molar-refractivity contribution in [3.63, 3.8) is 0 Å². The smallest absolute Gasteiger partial charge is 0.107 e. The van der Waals surface area contributed by atoms with Crippen LogP contribution in [0.5, 0.6) is 0 Å². The molecule has 3 aromatic heterocycles. The van der Waals surface area contributed by atoms with Crippen molar-refractivity contribution in [1.29, 1.82) is 0 Å². The number of aromatic nitrogens is 1. The van der Waals surface area contributed by atoms with Crippen molar-refractivity contribution in [3.05, 3.63) is 60.9 Å². The van der Waals surface area contributed by atoms with Gasteiger partial charge in [0, 0.05) is 39.8 Å². The van der Waals surface area contributed by atoms with Crippen molar-refractivity contribution in [1.82, 2.24) is 10.3 Å². The molecule has 0 bridgehead atoms. The Morgan fingerprint density at radius 1 is 1.20 bits per heavy atom. The van der Waals surface area contributed by atoms with Crippen molar-refractivity contribution in [3.8, 4) is 0 Å². The zero-order chi connectivity index (χ0) is 13.8. The average molecular weight is 321 g/mol. The molecule has 0 aliphatic rings. The fourth-order valence-electron chi connectivity index (χ4n) is 2.09. The van der Waals surface area contributed by atoms with Crippen LogP contribution in [-0.4, -0.2) is 4.98 Å². The van der Waals surface area contributed by atoms with E-state index in [2.05, 4.69) is 52.3 Å². The summed E-state index contributed by atoms with van der Waals surface area (Å²) in [6.45, 7) is 2.94. The first-order valence-electron chi connectivity index (χ1n) is 6.52. The van der Waals surface area contributed by atoms with Gasteiger partial charge in [-0.1, -0.05) is 12.1 Å². The van der Waals surface area contributed by atoms with Crippen LogP contribution in [0.3, 0.4) is 0 Å². The number of thiazole rings is 1. The maximum atomic E-state index is 4.43. The van der Waals surface area contributed by atoms with Crippen LogP contribution in [-0.2, 0) is 13.0 Å². The largest absolute Gasteiger partial charge is 0.302 e. The van der Waals surface area contributed by atoms with Gasteiger partial charge in [0.25, 0.3) is 0 Å². The van der Waals surface area contributed by atoms with E-state index in [-0.39, 0.29) is 0 Å². The van der Waals surface area contributed by atoms with E-state index in [9.17, 15) is 0 Å². The monoisotopic (exact) mass is 320 g/mol. The van der Waals surface area contributed by atoms with E-state index in [4.69, 9.17) is 0 Å². The van der Waals surface area contributed by atoms with Crippen LogP contribution in [0.15, 0.2) is 41.2 Å². The van der Waals surface area contributed by atoms with E-state index in [0.29, 0.717) is 6.04 Å². The van der Waals surface area contributed by atoms with E-state index in [1.54, 1.807) is 11.3 Å². The number of hydrogen-bond acceptors (Lipinski definition) is 5. The molecule has 3 aromatic rings. The third-order valence-corrected chi connectivity index (χ3v) is 5.84. The highest BCUT2D eigenvalue weighted by molar-refractivity contribution is 7.11. The molecular formula is C15H16N2S3. The summed E-state index contributed by atoms with van der Waals surface area (Å²) in [6, 6.07) is 9.04. The minimum Gasteiger partial charge on any atom is -0.302 e. The van der Waals surface area contributed by atoms with Crippen molar-refractivity contribution in [2.75, 3.05) is 0 Å². The zero-order valence-electron chi connectivity index (χ0n) is 11.2. The number of nitrogens with one attached hydrogen (secondary N) is 1. The van der Waals surface area contributed by atoms with Gasteiger partial charge in [-0.3, -0.25) is 0 Å². The lowest BCUT2D eigenvalue weighted by atomic mass is 10.1. The van der Waals surface area contributed by atoms with Gasteiger partial charge in [0.1, 0.15) is 5.01 Å². The second kappa shape index (κ2) is 6.63. The summed E-state index contributed by atoms with van der Waals surface area (Å²) in [6.07, 6.45) is 2.99. The zero-order valence-corrected chi connectivity index (χ0v) is 13.7. The molecule has 2 nitrogen and oxygen atoms in total. The lowest BCUT2D eigenvalue weighted by Crippen LogP contribution is -2.21. The van der Waals surface area contributed by atoms with Crippen LogP contribution in [0, 0.1) is 6.92 Å². The Bertz CT molecular complexity index is 626. The highest BCUT2D eigenvalue weighted by atomic mass is 32.1. The lowest BCUT2D eigenvalue weighted by Gasteiger charge is -2.16. The normalized spacial score (nSPS) is 12.7. The highest BCUT2D eigenvalue weighted by Crippen LogP contribution is 2.25. The fraction of sp³-hybridized carbons (Fsp3) is 0.267. The summed E-state index contributed by atoms with van der Waals surface area (Å²) < 4.78 is 0. The van der Waals surface area contributed by atoms with Crippen LogP contribution in [0.2, 0.25) is 0 Å². The molecule has 0 radical (unpaired) electrons. The fourth-order valence-corrected chi connectivity index (χ4v) is 4.38. The molecule has 0 aliphatic carbocycles. The van der Waals surface area contributed by atoms with Gasteiger partial charge >= 0.3 is 0 Å². The molecule has 0 fully saturated rings. The molecule has 3 heterocycles. The summed E-state index contributed by atoms with van der Waals surface area (Å²) in [5.74, 6) is 0. The van der Waals surface area contributed by atoms with Gasteiger partial charge in [-0.2, -0.15) is 0 Å². The molecule has 104 valence electrons. The minimum atomic E-state index is 0.373. The second-order valence-electron chi connectivity index (χ2n) is 4.60. The Kier molecular flexibility index (Phi) is 4.62. The van der Waals surface area contributed by atoms with Crippen molar-refractivity contribution < 1.29 is 0 Å². The van der Waals surface area contributed by atoms with E-state index in [1.165, 1.54) is 14.6 Å². The summed E-state index contributed by atoms with van der Waals surface area (Å²) in [4.78, 5) is 8.52. The average Bonchev–Trinajstić information content (AvgIpc) is 3.17. The Labute approximate surface area is 131 Å². The quantitative estimate of drug-likeness (QED) is 0.715. The molecule has 0 aliphatic heterocycles. The van der Waals surface area contributed by atoms with Gasteiger partial charge in [0.2, 0.25) is 0 Å². The van der Waals surface area contributed by atoms with Crippen LogP contribution >= 0.6 is 34.0 Å². The van der Waals surface area contributed by atoms with Crippen LogP contribution in [0.25, 0.3) is 0 Å². The lowest BCUT2D eigenvalue weighted by molar-refractivity contribution is 0.540. The molecule has 0 saturated heterocycles. The maximum Gasteiger partial charge on any atom is 0.107 e. The first kappa shape index (κ1) is 13.9. The van der Waals surface area contributed by atoms with Gasteiger partial charge in [0.15, 0.2) is 0 Å². The van der Waals surface area contributed by atoms with E-state index >= 15 is 0 Å². The number of rotatable bonds is 6. The SMILES string of the molecule is Cc1cnc(CNC(Cc2cccs2)c2cccs2)s1. The Hall–Kier alpha value is -1.01. The molecule has 0 amide bonds. The van der Waals surface area contributed by atoms with Gasteiger partial charge in [-0.25, -0.2) is 4.98 Å². The van der Waals surface area contributed by atoms with Gasteiger partial charge in [-0.05, 0) is 29.8 Å². The minimum absolute atomic E-state index is 0.373. The number of thiophene rings is 2. The molecule has 5 heteroatoms. The maximum absolute atomic E-state index is 4.43. The van der Waals surface area contributed by atoms with Crippen LogP contribution in [0.4, 0.5) is 0 Å². The molecule has 1 N–H and O–H groups in total. The molecule has 1 unspecified atom stereocenters. The first-order chi connectivity index (χ1) is 9.81. The molecule has 0 saturated carbocycles. The second-order valence-corrected chi connectivity index (χ2v) is 7.93. The predicted molar refractivity (Wildman–Crippen MR) is 88.8 cm³/mol. The van der Waals surface area contributed by atoms with E-state index in [1.807, 2.05) is 28.9 Å². The van der Waals surface area contributed by atoms with Crippen LogP contribution < -0.4 is 5.32 Å². The summed E-state index contributed by atoms with van der Waals surface area (Å²) >= 11 is 5.41. The third-order valence-electron chi connectivity index (χ3n) is 3.04. The van der Waals surface area contributed by atoms with Crippen molar-refractivity contribution >= 4 is 34.0 Å².